The predicted molar refractivity (Wildman–Crippen MR) is 431 cm³/mol. The lowest BCUT2D eigenvalue weighted by Gasteiger charge is -2.31. The topological polar surface area (TPSA) is 372 Å². The number of halogens is 8. The third kappa shape index (κ3) is 30.1. The van der Waals surface area contributed by atoms with Crippen molar-refractivity contribution in [2.75, 3.05) is 35.3 Å². The molecule has 0 unspecified atom stereocenters. The van der Waals surface area contributed by atoms with Gasteiger partial charge in [-0.25, -0.2) is 4.98 Å². The van der Waals surface area contributed by atoms with E-state index in [9.17, 15) is 63.9 Å². The van der Waals surface area contributed by atoms with E-state index < -0.39 is 61.5 Å². The summed E-state index contributed by atoms with van der Waals surface area (Å²) in [5.74, 6) is -4.27. The van der Waals surface area contributed by atoms with Crippen molar-refractivity contribution in [3.63, 3.8) is 0 Å². The van der Waals surface area contributed by atoms with Crippen LogP contribution in [0.2, 0.25) is 5.15 Å². The predicted octanol–water partition coefficient (Wildman–Crippen LogP) is 16.0. The van der Waals surface area contributed by atoms with Crippen LogP contribution in [0.4, 0.5) is 17.1 Å². The van der Waals surface area contributed by atoms with Gasteiger partial charge >= 0.3 is 40.8 Å². The largest absolute Gasteiger partial charge is 0.460 e. The molecule has 0 saturated carbocycles. The average Bonchev–Trinajstić information content (AvgIpc) is 1.60. The number of nitrogens with one attached hydrogen (secondary N) is 1. The summed E-state index contributed by atoms with van der Waals surface area (Å²) in [6.07, 6.45) is 10.3. The molecule has 9 aromatic rings. The summed E-state index contributed by atoms with van der Waals surface area (Å²) in [5.41, 5.74) is 4.72. The first kappa shape index (κ1) is 88.8. The van der Waals surface area contributed by atoms with Gasteiger partial charge in [0.1, 0.15) is 50.1 Å². The molecule has 0 radical (unpaired) electrons. The Morgan fingerprint density at radius 3 is 1.40 bits per heavy atom. The fraction of sp³-hybridized carbons (Fsp3) is 0.247. The minimum atomic E-state index is -1.71. The van der Waals surface area contributed by atoms with E-state index in [1.54, 1.807) is 60.9 Å². The number of benzene rings is 4. The van der Waals surface area contributed by atoms with Crippen molar-refractivity contribution in [2.24, 2.45) is 0 Å². The fourth-order valence-corrected chi connectivity index (χ4v) is 12.3. The first-order valence-corrected chi connectivity index (χ1v) is 39.4. The van der Waals surface area contributed by atoms with E-state index in [0.29, 0.717) is 62.8 Å². The van der Waals surface area contributed by atoms with Crippen molar-refractivity contribution in [2.45, 2.75) is 76.3 Å². The first-order chi connectivity index (χ1) is 51.8. The number of nitrogens with zero attached hydrogens (tertiary/aromatic N) is 7. The molecule has 566 valence electrons. The van der Waals surface area contributed by atoms with Gasteiger partial charge in [0.2, 0.25) is 11.1 Å². The molecular weight excluding hydrogens is 1980 g/mol. The smallest absolute Gasteiger partial charge is 0.334 e. The number of hydrogen-bond acceptors (Lipinski definition) is 23. The highest BCUT2D eigenvalue weighted by Gasteiger charge is 2.48. The van der Waals surface area contributed by atoms with Crippen LogP contribution >= 0.6 is 136 Å². The summed E-state index contributed by atoms with van der Waals surface area (Å²) in [7, 11) is 0. The monoisotopic (exact) mass is 2040 g/mol. The SMILES string of the molecule is ICCOCCI.O=C(CC(=O)OCc1ccccc1)OCc1ccccc1.O=C(OCc1ccccc1)C(C(=O)OCc1ccccc1)c1ncc(Br)cc1[N+](=O)[O-].O=C1Cc2cc(Br)cnc2C1.O=C1Cc2cc(Br)cnc2C12CCOCC2.O=[N+]([O-])c1cc(Br)cnc1Cl.O=c1[nH]cc(Br)cc1[N+](=O)[O-]. The molecule has 108 heavy (non-hydrogen) atoms. The molecular formula is C73H64Br5ClI2N8O19. The Hall–Kier alpha value is -8.08. The van der Waals surface area contributed by atoms with E-state index in [2.05, 4.69) is 150 Å². The van der Waals surface area contributed by atoms with E-state index in [1.807, 2.05) is 84.9 Å². The lowest BCUT2D eigenvalue weighted by Crippen LogP contribution is -2.38. The quantitative estimate of drug-likeness (QED) is 0.00852. The Morgan fingerprint density at radius 1 is 0.528 bits per heavy atom. The highest BCUT2D eigenvalue weighted by molar-refractivity contribution is 14.1. The third-order valence-electron chi connectivity index (χ3n) is 14.9. The van der Waals surface area contributed by atoms with Crippen molar-refractivity contribution < 1.29 is 72.0 Å². The van der Waals surface area contributed by atoms with Crippen LogP contribution in [-0.2, 0) is 108 Å². The number of aromatic amines is 1. The molecule has 1 saturated heterocycles. The second-order valence-corrected chi connectivity index (χ2v) is 29.6. The van der Waals surface area contributed by atoms with E-state index in [1.165, 1.54) is 30.7 Å². The zero-order valence-electron chi connectivity index (χ0n) is 56.6. The molecule has 0 bridgehead atoms. The second-order valence-electron chi connectivity index (χ2n) is 22.5. The Kier molecular flexibility index (Phi) is 38.7. The lowest BCUT2D eigenvalue weighted by atomic mass is 9.77. The number of esters is 4. The van der Waals surface area contributed by atoms with Crippen LogP contribution in [0.15, 0.2) is 210 Å². The number of alkyl halides is 2. The van der Waals surface area contributed by atoms with Gasteiger partial charge in [0, 0.05) is 113 Å². The Balaban J connectivity index is 0.000000208. The normalized spacial score (nSPS) is 12.4. The molecule has 5 aromatic heterocycles. The van der Waals surface area contributed by atoms with Gasteiger partial charge in [0.05, 0.1) is 44.8 Å². The maximum Gasteiger partial charge on any atom is 0.334 e. The van der Waals surface area contributed by atoms with Crippen LogP contribution in [-0.4, -0.2) is 110 Å². The number of hydrogen-bond donors (Lipinski definition) is 1. The van der Waals surface area contributed by atoms with Crippen molar-refractivity contribution in [1.29, 1.82) is 0 Å². The molecule has 1 fully saturated rings. The summed E-state index contributed by atoms with van der Waals surface area (Å²) >= 11 is 25.9. The number of fused-ring (bicyclic) bond motifs is 3. The minimum absolute atomic E-state index is 0.0989. The standard InChI is InChI=1S/C22H17BrN2O6.C17H16O4.C12H12BrNO2.C8H6BrNO.C5H2BrClN2O2.C5H3BrN2O3.C4H8I2O/c23-17-11-18(25(28)29)20(24-12-17)19(21(26)30-13-15-7-3-1-4-8-15)22(27)31-14-16-9-5-2-6-10-16;18-16(20-12-14-7-3-1-4-8-14)11-17(19)21-13-15-9-5-2-6-10-15;13-9-5-8-6-10(15)12(11(8)14-7-9)1-3-16-4-2-12;9-6-1-5-2-7(11)3-8(5)10-4-6;6-3-1-4(9(10)11)5(7)8-2-3;6-3-1-4(8(10)11)5(9)7-2-3;5-1-3-7-4-2-6/h1-12,19H,13-14H2;1-10H,11-13H2;5,7H,1-4,6H2;1,4H,2-3H2;1-2H;1-2H,(H,7,9);1-4H2. The van der Waals surface area contributed by atoms with Crippen LogP contribution in [0.1, 0.15) is 75.6 Å². The van der Waals surface area contributed by atoms with E-state index in [4.69, 9.17) is 40.0 Å². The van der Waals surface area contributed by atoms with E-state index in [0.717, 1.165) is 83.6 Å². The van der Waals surface area contributed by atoms with Gasteiger partial charge in [-0.3, -0.25) is 78.9 Å². The maximum absolute atomic E-state index is 12.8. The summed E-state index contributed by atoms with van der Waals surface area (Å²) in [5, 5.41) is 31.8. The molecule has 27 nitrogen and oxygen atoms in total. The third-order valence-corrected chi connectivity index (χ3v) is 18.3. The van der Waals surface area contributed by atoms with Gasteiger partial charge in [-0.2, -0.15) is 0 Å². The highest BCUT2D eigenvalue weighted by Crippen LogP contribution is 2.43. The van der Waals surface area contributed by atoms with Crippen LogP contribution in [0.5, 0.6) is 0 Å². The first-order valence-electron chi connectivity index (χ1n) is 32.0. The van der Waals surface area contributed by atoms with Crippen molar-refractivity contribution in [1.82, 2.24) is 24.9 Å². The molecule has 4 aromatic carbocycles. The zero-order valence-corrected chi connectivity index (χ0v) is 69.6. The van der Waals surface area contributed by atoms with Crippen LogP contribution in [0.3, 0.4) is 0 Å². The summed E-state index contributed by atoms with van der Waals surface area (Å²) in [6.45, 7) is 3.26. The number of ketones is 2. The number of pyridine rings is 5. The molecule has 0 amide bonds. The Morgan fingerprint density at radius 2 is 0.944 bits per heavy atom. The average molecular weight is 2050 g/mol. The summed E-state index contributed by atoms with van der Waals surface area (Å²) in [6, 6.07) is 43.9. The number of Topliss-reactive ketones (excluding diaryl/α,β-unsaturated/α-hetero) is 2. The number of nitro groups is 3. The van der Waals surface area contributed by atoms with Crippen LogP contribution in [0, 0.1) is 30.3 Å². The summed E-state index contributed by atoms with van der Waals surface area (Å²) < 4.78 is 36.5. The number of carbonyl (C=O) groups is 6. The zero-order chi connectivity index (χ0) is 78.5. The molecule has 2 aliphatic carbocycles. The van der Waals surface area contributed by atoms with Crippen LogP contribution < -0.4 is 5.56 Å². The lowest BCUT2D eigenvalue weighted by molar-refractivity contribution is -0.386. The molecule has 1 spiro atoms. The molecule has 1 aliphatic heterocycles. The number of aromatic nitrogens is 5. The van der Waals surface area contributed by atoms with E-state index >= 15 is 0 Å². The molecule has 6 heterocycles. The van der Waals surface area contributed by atoms with Gasteiger partial charge in [0.15, 0.2) is 0 Å². The van der Waals surface area contributed by atoms with Crippen molar-refractivity contribution >= 4 is 189 Å². The number of ether oxygens (including phenoxy) is 6. The van der Waals surface area contributed by atoms with Crippen molar-refractivity contribution in [3.05, 3.63) is 301 Å². The number of carbonyl (C=O) groups excluding carboxylic acids is 6. The number of rotatable bonds is 20. The van der Waals surface area contributed by atoms with Gasteiger partial charge in [-0.15, -0.1) is 0 Å². The number of H-pyrrole nitrogens is 1. The Labute approximate surface area is 692 Å². The van der Waals surface area contributed by atoms with Crippen molar-refractivity contribution in [3.8, 4) is 0 Å². The second kappa shape index (κ2) is 47.1. The fourth-order valence-electron chi connectivity index (χ4n) is 9.82. The molecule has 3 aliphatic rings. The molecule has 0 atom stereocenters. The highest BCUT2D eigenvalue weighted by atomic mass is 127. The molecule has 1 N–H and O–H groups in total. The minimum Gasteiger partial charge on any atom is -0.460 e. The van der Waals surface area contributed by atoms with E-state index in [-0.39, 0.29) is 60.6 Å². The van der Waals surface area contributed by atoms with Gasteiger partial charge in [-0.1, -0.05) is 178 Å². The van der Waals surface area contributed by atoms with Gasteiger partial charge in [-0.05, 0) is 138 Å². The molecule has 12 rings (SSSR count). The summed E-state index contributed by atoms with van der Waals surface area (Å²) in [4.78, 5) is 131. The van der Waals surface area contributed by atoms with Gasteiger partial charge in [0.25, 0.3) is 5.69 Å². The Bertz CT molecular complexity index is 4490. The van der Waals surface area contributed by atoms with Crippen LogP contribution in [0.25, 0.3) is 0 Å². The van der Waals surface area contributed by atoms with Gasteiger partial charge < -0.3 is 33.4 Å². The maximum atomic E-state index is 12.8. The molecule has 35 heteroatoms.